The van der Waals surface area contributed by atoms with E-state index >= 15 is 0 Å². The molecule has 4 aliphatic rings. The third kappa shape index (κ3) is 3.98. The van der Waals surface area contributed by atoms with Gasteiger partial charge in [0.15, 0.2) is 0 Å². The number of aliphatic hydroxyl groups excluding tert-OH is 1. The summed E-state index contributed by atoms with van der Waals surface area (Å²) >= 11 is 0. The molecule has 2 amide bonds. The van der Waals surface area contributed by atoms with Gasteiger partial charge in [-0.05, 0) is 38.5 Å². The predicted octanol–water partition coefficient (Wildman–Crippen LogP) is 2.21. The van der Waals surface area contributed by atoms with Crippen LogP contribution in [0.25, 0.3) is 0 Å². The van der Waals surface area contributed by atoms with E-state index in [-0.39, 0.29) is 25.0 Å². The first kappa shape index (κ1) is 24.9. The minimum atomic E-state index is -1.25. The summed E-state index contributed by atoms with van der Waals surface area (Å²) in [6.45, 7) is 5.53. The van der Waals surface area contributed by atoms with E-state index in [4.69, 9.17) is 9.47 Å². The number of fused-ring (bicyclic) bond motifs is 2. The Hall–Kier alpha value is -2.19. The van der Waals surface area contributed by atoms with E-state index in [9.17, 15) is 19.5 Å². The Balaban J connectivity index is 1.84. The summed E-state index contributed by atoms with van der Waals surface area (Å²) in [6, 6.07) is -0.866. The van der Waals surface area contributed by atoms with Gasteiger partial charge in [-0.2, -0.15) is 0 Å². The number of hydrogen-bond donors (Lipinski definition) is 1. The van der Waals surface area contributed by atoms with Crippen molar-refractivity contribution in [2.45, 2.75) is 76.0 Å². The van der Waals surface area contributed by atoms with E-state index in [1.807, 2.05) is 31.2 Å². The largest absolute Gasteiger partial charge is 0.465 e. The van der Waals surface area contributed by atoms with E-state index < -0.39 is 35.0 Å². The second kappa shape index (κ2) is 10.2. The molecule has 2 saturated heterocycles. The summed E-state index contributed by atoms with van der Waals surface area (Å²) < 4.78 is 12.5. The number of carbonyl (C=O) groups is 3. The topological polar surface area (TPSA) is 96.4 Å². The van der Waals surface area contributed by atoms with E-state index in [0.717, 1.165) is 32.1 Å². The van der Waals surface area contributed by atoms with Gasteiger partial charge in [0, 0.05) is 26.2 Å². The molecule has 0 radical (unpaired) electrons. The first-order chi connectivity index (χ1) is 16.5. The summed E-state index contributed by atoms with van der Waals surface area (Å²) in [5, 5.41) is 9.47. The van der Waals surface area contributed by atoms with Crippen molar-refractivity contribution in [2.75, 3.05) is 32.8 Å². The number of likely N-dealkylation sites (tertiary alicyclic amines) is 1. The van der Waals surface area contributed by atoms with Crippen LogP contribution in [0, 0.1) is 11.8 Å². The number of esters is 1. The monoisotopic (exact) mass is 474 g/mol. The Labute approximate surface area is 201 Å². The number of aliphatic hydroxyl groups is 1. The van der Waals surface area contributed by atoms with Gasteiger partial charge in [0.05, 0.1) is 12.5 Å². The second-order valence-corrected chi connectivity index (χ2v) is 9.84. The maximum Gasteiger partial charge on any atom is 0.313 e. The summed E-state index contributed by atoms with van der Waals surface area (Å²) in [5.41, 5.74) is -2.26. The van der Waals surface area contributed by atoms with Gasteiger partial charge >= 0.3 is 5.97 Å². The average Bonchev–Trinajstić information content (AvgIpc) is 3.19. The van der Waals surface area contributed by atoms with Gasteiger partial charge in [0.25, 0.3) is 0 Å². The number of unbranched alkanes of at least 4 members (excludes halogenated alkanes) is 1. The fourth-order valence-corrected chi connectivity index (χ4v) is 6.12. The lowest BCUT2D eigenvalue weighted by Gasteiger charge is -2.38. The van der Waals surface area contributed by atoms with Crippen molar-refractivity contribution in [2.24, 2.45) is 11.8 Å². The second-order valence-electron chi connectivity index (χ2n) is 9.84. The van der Waals surface area contributed by atoms with Crippen LogP contribution >= 0.6 is 0 Å². The van der Waals surface area contributed by atoms with Crippen LogP contribution in [0.2, 0.25) is 0 Å². The fourth-order valence-electron chi connectivity index (χ4n) is 6.12. The average molecular weight is 475 g/mol. The van der Waals surface area contributed by atoms with Gasteiger partial charge in [0.2, 0.25) is 11.8 Å². The van der Waals surface area contributed by atoms with Crippen LogP contribution in [-0.2, 0) is 23.9 Å². The number of amides is 2. The lowest BCUT2D eigenvalue weighted by atomic mass is 9.73. The number of nitrogens with zero attached hydrogens (tertiary/aromatic N) is 2. The molecule has 1 N–H and O–H groups in total. The van der Waals surface area contributed by atoms with Crippen LogP contribution in [0.4, 0.5) is 0 Å². The van der Waals surface area contributed by atoms with Crippen LogP contribution in [0.3, 0.4) is 0 Å². The first-order valence-corrected chi connectivity index (χ1v) is 12.9. The van der Waals surface area contributed by atoms with E-state index in [2.05, 4.69) is 6.92 Å². The molecule has 0 aliphatic carbocycles. The van der Waals surface area contributed by atoms with E-state index in [0.29, 0.717) is 32.5 Å². The molecule has 0 saturated carbocycles. The number of rotatable bonds is 7. The Morgan fingerprint density at radius 2 is 1.85 bits per heavy atom. The lowest BCUT2D eigenvalue weighted by molar-refractivity contribution is -0.161. The van der Waals surface area contributed by atoms with Gasteiger partial charge in [-0.1, -0.05) is 44.6 Å². The van der Waals surface area contributed by atoms with Crippen LogP contribution in [-0.4, -0.2) is 82.8 Å². The molecule has 4 rings (SSSR count). The number of cyclic esters (lactones) is 1. The van der Waals surface area contributed by atoms with Crippen molar-refractivity contribution >= 4 is 17.8 Å². The first-order valence-electron chi connectivity index (χ1n) is 12.9. The molecule has 34 heavy (non-hydrogen) atoms. The molecular weight excluding hydrogens is 436 g/mol. The molecule has 0 aromatic heterocycles. The van der Waals surface area contributed by atoms with Crippen molar-refractivity contribution in [1.82, 2.24) is 9.80 Å². The fraction of sp³-hybridized carbons (Fsp3) is 0.731. The van der Waals surface area contributed by atoms with Crippen molar-refractivity contribution in [1.29, 1.82) is 0 Å². The van der Waals surface area contributed by atoms with Crippen molar-refractivity contribution in [3.05, 3.63) is 24.3 Å². The number of allylic oxidation sites excluding steroid dienone is 1. The molecule has 5 atom stereocenters. The third-order valence-electron chi connectivity index (χ3n) is 7.81. The molecule has 4 heterocycles. The molecule has 1 unspecified atom stereocenters. The zero-order valence-corrected chi connectivity index (χ0v) is 20.4. The summed E-state index contributed by atoms with van der Waals surface area (Å²) in [7, 11) is 0. The third-order valence-corrected chi connectivity index (χ3v) is 7.81. The van der Waals surface area contributed by atoms with Crippen LogP contribution < -0.4 is 0 Å². The van der Waals surface area contributed by atoms with E-state index in [1.165, 1.54) is 0 Å². The summed E-state index contributed by atoms with van der Waals surface area (Å²) in [5.74, 6) is -2.53. The smallest absolute Gasteiger partial charge is 0.313 e. The summed E-state index contributed by atoms with van der Waals surface area (Å²) in [4.78, 5) is 44.7. The van der Waals surface area contributed by atoms with Gasteiger partial charge < -0.3 is 24.4 Å². The number of hydrogen-bond acceptors (Lipinski definition) is 6. The molecule has 4 aliphatic heterocycles. The minimum Gasteiger partial charge on any atom is -0.465 e. The predicted molar refractivity (Wildman–Crippen MR) is 126 cm³/mol. The molecular formula is C26H38N2O6. The van der Waals surface area contributed by atoms with Crippen molar-refractivity contribution in [3.8, 4) is 0 Å². The van der Waals surface area contributed by atoms with Crippen molar-refractivity contribution < 1.29 is 29.0 Å². The van der Waals surface area contributed by atoms with Crippen LogP contribution in [0.1, 0.15) is 58.8 Å². The highest BCUT2D eigenvalue weighted by Gasteiger charge is 2.75. The van der Waals surface area contributed by atoms with Crippen molar-refractivity contribution in [3.63, 3.8) is 0 Å². The lowest BCUT2D eigenvalue weighted by Crippen LogP contribution is -2.56. The zero-order valence-electron chi connectivity index (χ0n) is 20.4. The highest BCUT2D eigenvalue weighted by atomic mass is 16.6. The van der Waals surface area contributed by atoms with Crippen LogP contribution in [0.5, 0.6) is 0 Å². The van der Waals surface area contributed by atoms with Crippen LogP contribution in [0.15, 0.2) is 24.3 Å². The molecule has 2 fully saturated rings. The Morgan fingerprint density at radius 3 is 2.59 bits per heavy atom. The molecule has 8 nitrogen and oxygen atoms in total. The van der Waals surface area contributed by atoms with Gasteiger partial charge in [-0.15, -0.1) is 0 Å². The molecule has 0 aromatic carbocycles. The number of ether oxygens (including phenoxy) is 2. The highest BCUT2D eigenvalue weighted by molar-refractivity contribution is 5.99. The maximum atomic E-state index is 14.0. The molecule has 8 heteroatoms. The van der Waals surface area contributed by atoms with Gasteiger partial charge in [-0.25, -0.2) is 0 Å². The number of carbonyl (C=O) groups excluding carboxylic acids is 3. The molecule has 188 valence electrons. The highest BCUT2D eigenvalue weighted by Crippen LogP contribution is 2.58. The van der Waals surface area contributed by atoms with Gasteiger partial charge in [-0.3, -0.25) is 14.4 Å². The SMILES string of the molecule is CCCCN1CC=C[C@]23O[C@@]4(CC)/C=C\CCCCOC(=O)[C@H]4[C@H]2C(=O)N(CCCO)C3C1=O. The molecule has 0 aromatic rings. The maximum absolute atomic E-state index is 14.0. The standard InChI is InChI=1S/C26H38N2O6/c1-3-5-14-27-15-10-13-26-19(22(30)28(16-11-17-29)21(26)23(27)31)20-24(32)33-18-9-7-6-8-12-25(20,4-2)34-26/h8,10,12-13,19-21,29H,3-7,9,11,14-18H2,1-2H3/b12-8-/t19-,20+,21?,25-,26-/m0/s1. The Morgan fingerprint density at radius 1 is 1.03 bits per heavy atom. The van der Waals surface area contributed by atoms with E-state index in [1.54, 1.807) is 9.80 Å². The normalized spacial score (nSPS) is 36.6. The molecule has 1 spiro atoms. The van der Waals surface area contributed by atoms with Gasteiger partial charge in [0.1, 0.15) is 23.2 Å². The molecule has 0 bridgehead atoms. The minimum absolute atomic E-state index is 0.0916. The Bertz CT molecular complexity index is 856. The zero-order chi connectivity index (χ0) is 24.3. The quantitative estimate of drug-likeness (QED) is 0.449. The summed E-state index contributed by atoms with van der Waals surface area (Å²) in [6.07, 6.45) is 12.9. The Kier molecular flexibility index (Phi) is 7.48.